The SMILES string of the molecule is CN1CC=NC2=C1CCCC2. The van der Waals surface area contributed by atoms with Gasteiger partial charge in [0.15, 0.2) is 0 Å². The molecule has 0 atom stereocenters. The molecule has 11 heavy (non-hydrogen) atoms. The molecule has 0 amide bonds. The lowest BCUT2D eigenvalue weighted by Gasteiger charge is -2.29. The van der Waals surface area contributed by atoms with Gasteiger partial charge >= 0.3 is 0 Å². The molecule has 0 spiro atoms. The first-order chi connectivity index (χ1) is 5.38. The van der Waals surface area contributed by atoms with E-state index in [4.69, 9.17) is 0 Å². The third-order valence-electron chi connectivity index (χ3n) is 2.47. The minimum Gasteiger partial charge on any atom is -0.371 e. The Morgan fingerprint density at radius 3 is 3.00 bits per heavy atom. The second kappa shape index (κ2) is 2.68. The van der Waals surface area contributed by atoms with E-state index in [1.54, 1.807) is 0 Å². The van der Waals surface area contributed by atoms with Gasteiger partial charge in [-0.25, -0.2) is 0 Å². The summed E-state index contributed by atoms with van der Waals surface area (Å²) in [6.45, 7) is 0.999. The van der Waals surface area contributed by atoms with Gasteiger partial charge in [0.2, 0.25) is 0 Å². The first-order valence-corrected chi connectivity index (χ1v) is 4.33. The Labute approximate surface area is 67.6 Å². The van der Waals surface area contributed by atoms with E-state index in [1.807, 2.05) is 6.21 Å². The van der Waals surface area contributed by atoms with Crippen LogP contribution in [0.25, 0.3) is 0 Å². The predicted molar refractivity (Wildman–Crippen MR) is 46.6 cm³/mol. The second-order valence-electron chi connectivity index (χ2n) is 3.29. The molecule has 1 heterocycles. The summed E-state index contributed by atoms with van der Waals surface area (Å²) in [5, 5.41) is 0. The van der Waals surface area contributed by atoms with E-state index in [2.05, 4.69) is 16.9 Å². The minimum atomic E-state index is 0.999. The Kier molecular flexibility index (Phi) is 1.68. The highest BCUT2D eigenvalue weighted by Gasteiger charge is 2.17. The average molecular weight is 150 g/mol. The summed E-state index contributed by atoms with van der Waals surface area (Å²) < 4.78 is 0. The van der Waals surface area contributed by atoms with Crippen molar-refractivity contribution in [3.63, 3.8) is 0 Å². The van der Waals surface area contributed by atoms with Crippen molar-refractivity contribution < 1.29 is 0 Å². The molecule has 0 saturated carbocycles. The number of nitrogens with zero attached hydrogens (tertiary/aromatic N) is 2. The number of allylic oxidation sites excluding steroid dienone is 2. The van der Waals surface area contributed by atoms with Gasteiger partial charge in [0, 0.05) is 19.0 Å². The molecule has 2 rings (SSSR count). The first kappa shape index (κ1) is 6.89. The number of aliphatic imine (C=N–C) groups is 1. The standard InChI is InChI=1S/C9H14N2/c1-11-7-6-10-8-4-2-3-5-9(8)11/h6H,2-5,7H2,1H3. The molecule has 0 bridgehead atoms. The van der Waals surface area contributed by atoms with Gasteiger partial charge in [0.05, 0.1) is 12.2 Å². The highest BCUT2D eigenvalue weighted by Crippen LogP contribution is 2.28. The molecule has 2 nitrogen and oxygen atoms in total. The molecule has 0 aromatic rings. The zero-order chi connectivity index (χ0) is 7.68. The van der Waals surface area contributed by atoms with Crippen molar-refractivity contribution in [2.24, 2.45) is 4.99 Å². The van der Waals surface area contributed by atoms with Crippen LogP contribution in [-0.4, -0.2) is 24.7 Å². The van der Waals surface area contributed by atoms with E-state index in [1.165, 1.54) is 37.1 Å². The fraction of sp³-hybridized carbons (Fsp3) is 0.667. The normalized spacial score (nSPS) is 23.9. The molecule has 1 aliphatic heterocycles. The van der Waals surface area contributed by atoms with Crippen LogP contribution in [0, 0.1) is 0 Å². The van der Waals surface area contributed by atoms with Gasteiger partial charge in [-0.15, -0.1) is 0 Å². The van der Waals surface area contributed by atoms with Crippen LogP contribution in [0.1, 0.15) is 25.7 Å². The lowest BCUT2D eigenvalue weighted by Crippen LogP contribution is -2.26. The summed E-state index contributed by atoms with van der Waals surface area (Å²) in [5.74, 6) is 0. The van der Waals surface area contributed by atoms with E-state index < -0.39 is 0 Å². The van der Waals surface area contributed by atoms with E-state index in [9.17, 15) is 0 Å². The van der Waals surface area contributed by atoms with E-state index in [0.29, 0.717) is 0 Å². The molecule has 0 aromatic heterocycles. The summed E-state index contributed by atoms with van der Waals surface area (Å²) in [7, 11) is 2.16. The summed E-state index contributed by atoms with van der Waals surface area (Å²) >= 11 is 0. The Morgan fingerprint density at radius 1 is 1.36 bits per heavy atom. The van der Waals surface area contributed by atoms with Crippen molar-refractivity contribution >= 4 is 6.21 Å². The van der Waals surface area contributed by atoms with Gasteiger partial charge in [0.1, 0.15) is 0 Å². The maximum absolute atomic E-state index is 4.41. The molecule has 0 radical (unpaired) electrons. The van der Waals surface area contributed by atoms with Crippen LogP contribution in [0.5, 0.6) is 0 Å². The molecule has 0 aromatic carbocycles. The smallest absolute Gasteiger partial charge is 0.0591 e. The van der Waals surface area contributed by atoms with E-state index >= 15 is 0 Å². The molecule has 1 aliphatic carbocycles. The minimum absolute atomic E-state index is 0.999. The Balaban J connectivity index is 2.27. The maximum atomic E-state index is 4.41. The van der Waals surface area contributed by atoms with Crippen LogP contribution >= 0.6 is 0 Å². The van der Waals surface area contributed by atoms with Crippen LogP contribution in [0.2, 0.25) is 0 Å². The predicted octanol–water partition coefficient (Wildman–Crippen LogP) is 1.79. The Bertz CT molecular complexity index is 216. The van der Waals surface area contributed by atoms with Gasteiger partial charge in [-0.05, 0) is 25.7 Å². The molecule has 0 N–H and O–H groups in total. The van der Waals surface area contributed by atoms with E-state index in [0.717, 1.165) is 6.54 Å². The lowest BCUT2D eigenvalue weighted by atomic mass is 10.00. The monoisotopic (exact) mass is 150 g/mol. The maximum Gasteiger partial charge on any atom is 0.0591 e. The van der Waals surface area contributed by atoms with Crippen molar-refractivity contribution in [1.29, 1.82) is 0 Å². The van der Waals surface area contributed by atoms with Gasteiger partial charge in [-0.3, -0.25) is 4.99 Å². The number of rotatable bonds is 0. The highest BCUT2D eigenvalue weighted by molar-refractivity contribution is 5.63. The second-order valence-corrected chi connectivity index (χ2v) is 3.29. The van der Waals surface area contributed by atoms with E-state index in [-0.39, 0.29) is 0 Å². The van der Waals surface area contributed by atoms with Crippen molar-refractivity contribution in [3.8, 4) is 0 Å². The third-order valence-corrected chi connectivity index (χ3v) is 2.47. The summed E-state index contributed by atoms with van der Waals surface area (Å²) in [5.41, 5.74) is 2.82. The highest BCUT2D eigenvalue weighted by atomic mass is 15.1. The summed E-state index contributed by atoms with van der Waals surface area (Å²) in [4.78, 5) is 6.74. The molecule has 2 aliphatic rings. The van der Waals surface area contributed by atoms with Crippen LogP contribution in [0.15, 0.2) is 16.4 Å². The molecular formula is C9H14N2. The lowest BCUT2D eigenvalue weighted by molar-refractivity contribution is 0.417. The fourth-order valence-electron chi connectivity index (χ4n) is 1.81. The topological polar surface area (TPSA) is 15.6 Å². The van der Waals surface area contributed by atoms with Gasteiger partial charge in [0.25, 0.3) is 0 Å². The molecule has 60 valence electrons. The Morgan fingerprint density at radius 2 is 2.18 bits per heavy atom. The van der Waals surface area contributed by atoms with Crippen LogP contribution < -0.4 is 0 Å². The van der Waals surface area contributed by atoms with Crippen molar-refractivity contribution in [1.82, 2.24) is 4.90 Å². The Hall–Kier alpha value is -0.790. The zero-order valence-electron chi connectivity index (χ0n) is 7.01. The fourth-order valence-corrected chi connectivity index (χ4v) is 1.81. The van der Waals surface area contributed by atoms with Crippen molar-refractivity contribution in [2.75, 3.05) is 13.6 Å². The van der Waals surface area contributed by atoms with Crippen molar-refractivity contribution in [3.05, 3.63) is 11.4 Å². The molecule has 2 heteroatoms. The zero-order valence-corrected chi connectivity index (χ0v) is 7.01. The van der Waals surface area contributed by atoms with Crippen LogP contribution in [0.3, 0.4) is 0 Å². The summed E-state index contributed by atoms with van der Waals surface area (Å²) in [6.07, 6.45) is 7.12. The van der Waals surface area contributed by atoms with Gasteiger partial charge < -0.3 is 4.90 Å². The first-order valence-electron chi connectivity index (χ1n) is 4.33. The van der Waals surface area contributed by atoms with Crippen molar-refractivity contribution in [2.45, 2.75) is 25.7 Å². The van der Waals surface area contributed by atoms with Gasteiger partial charge in [-0.1, -0.05) is 0 Å². The molecule has 0 saturated heterocycles. The number of hydrogen-bond donors (Lipinski definition) is 0. The van der Waals surface area contributed by atoms with Crippen LogP contribution in [-0.2, 0) is 0 Å². The third kappa shape index (κ3) is 1.17. The van der Waals surface area contributed by atoms with Gasteiger partial charge in [-0.2, -0.15) is 0 Å². The molecular weight excluding hydrogens is 136 g/mol. The quantitative estimate of drug-likeness (QED) is 0.514. The average Bonchev–Trinajstić information content (AvgIpc) is 2.06. The largest absolute Gasteiger partial charge is 0.371 e. The van der Waals surface area contributed by atoms with Crippen LogP contribution in [0.4, 0.5) is 0 Å². The molecule has 0 unspecified atom stereocenters. The molecule has 0 fully saturated rings. The summed E-state index contributed by atoms with van der Waals surface area (Å²) in [6, 6.07) is 0. The number of hydrogen-bond acceptors (Lipinski definition) is 2.